The Bertz CT molecular complexity index is 846. The number of aldehydes is 1. The van der Waals surface area contributed by atoms with Crippen molar-refractivity contribution in [3.8, 4) is 6.07 Å². The summed E-state index contributed by atoms with van der Waals surface area (Å²) in [5, 5.41) is 14.4. The summed E-state index contributed by atoms with van der Waals surface area (Å²) in [5.74, 6) is 0. The molecule has 2 heterocycles. The normalized spacial score (nSPS) is 17.8. The lowest BCUT2D eigenvalue weighted by atomic mass is 9.82. The van der Waals surface area contributed by atoms with Gasteiger partial charge >= 0.3 is 0 Å². The van der Waals surface area contributed by atoms with Crippen LogP contribution in [0.5, 0.6) is 0 Å². The fourth-order valence-electron chi connectivity index (χ4n) is 2.81. The average molecular weight is 342 g/mol. The maximum absolute atomic E-state index is 11.2. The van der Waals surface area contributed by atoms with Gasteiger partial charge in [0, 0.05) is 38.8 Å². The van der Waals surface area contributed by atoms with E-state index in [1.807, 2.05) is 32.0 Å². The number of halogens is 1. The van der Waals surface area contributed by atoms with Crippen molar-refractivity contribution in [3.05, 3.63) is 45.8 Å². The number of carbonyl (C=O) groups is 1. The van der Waals surface area contributed by atoms with E-state index < -0.39 is 5.41 Å². The third-order valence-electron chi connectivity index (χ3n) is 3.94. The summed E-state index contributed by atoms with van der Waals surface area (Å²) in [5.41, 5.74) is 2.28. The first-order valence-corrected chi connectivity index (χ1v) is 7.23. The van der Waals surface area contributed by atoms with Gasteiger partial charge in [0.25, 0.3) is 0 Å². The fourth-order valence-corrected chi connectivity index (χ4v) is 3.39. The highest BCUT2D eigenvalue weighted by atomic mass is 79.9. The summed E-state index contributed by atoms with van der Waals surface area (Å²) in [6.07, 6.45) is 4.13. The first-order chi connectivity index (χ1) is 10.0. The fraction of sp³-hybridized carbons (Fsp3) is 0.188. The van der Waals surface area contributed by atoms with E-state index >= 15 is 0 Å². The van der Waals surface area contributed by atoms with Gasteiger partial charge in [-0.25, -0.2) is 0 Å². The summed E-state index contributed by atoms with van der Waals surface area (Å²) in [4.78, 5) is 15.3. The van der Waals surface area contributed by atoms with E-state index in [0.717, 1.165) is 26.5 Å². The zero-order chi connectivity index (χ0) is 15.2. The molecule has 1 N–H and O–H groups in total. The van der Waals surface area contributed by atoms with Crippen molar-refractivity contribution in [2.45, 2.75) is 19.3 Å². The molecular weight excluding hydrogens is 330 g/mol. The molecule has 1 aromatic carbocycles. The van der Waals surface area contributed by atoms with Crippen LogP contribution >= 0.6 is 15.9 Å². The van der Waals surface area contributed by atoms with Gasteiger partial charge in [0.2, 0.25) is 0 Å². The molecule has 5 heteroatoms. The minimum absolute atomic E-state index is 0.129. The van der Waals surface area contributed by atoms with Crippen LogP contribution in [0.25, 0.3) is 10.8 Å². The molecule has 104 valence electrons. The van der Waals surface area contributed by atoms with E-state index in [-0.39, 0.29) is 5.57 Å². The van der Waals surface area contributed by atoms with Crippen molar-refractivity contribution in [3.63, 3.8) is 0 Å². The lowest BCUT2D eigenvalue weighted by Gasteiger charge is -2.21. The molecule has 4 nitrogen and oxygen atoms in total. The van der Waals surface area contributed by atoms with Crippen molar-refractivity contribution in [2.24, 2.45) is 0 Å². The molecule has 0 radical (unpaired) electrons. The summed E-state index contributed by atoms with van der Waals surface area (Å²) in [6.45, 7) is 3.99. The third kappa shape index (κ3) is 1.87. The molecule has 1 aromatic heterocycles. The summed E-state index contributed by atoms with van der Waals surface area (Å²) in [7, 11) is 0. The smallest absolute Gasteiger partial charge is 0.162 e. The van der Waals surface area contributed by atoms with Gasteiger partial charge in [0.15, 0.2) is 6.29 Å². The Morgan fingerprint density at radius 1 is 1.48 bits per heavy atom. The van der Waals surface area contributed by atoms with Crippen molar-refractivity contribution in [1.82, 2.24) is 4.98 Å². The summed E-state index contributed by atoms with van der Waals surface area (Å²) in [6, 6.07) is 5.94. The molecule has 1 aliphatic rings. The van der Waals surface area contributed by atoms with Crippen LogP contribution in [0.2, 0.25) is 0 Å². The Balaban J connectivity index is 2.39. The van der Waals surface area contributed by atoms with Gasteiger partial charge in [-0.05, 0) is 17.7 Å². The van der Waals surface area contributed by atoms with E-state index in [0.29, 0.717) is 12.0 Å². The van der Waals surface area contributed by atoms with E-state index in [4.69, 9.17) is 5.26 Å². The van der Waals surface area contributed by atoms with Crippen molar-refractivity contribution in [2.75, 3.05) is 5.32 Å². The van der Waals surface area contributed by atoms with Crippen LogP contribution in [-0.4, -0.2) is 11.3 Å². The number of nitrogens with zero attached hydrogens (tertiary/aromatic N) is 2. The van der Waals surface area contributed by atoms with Crippen molar-refractivity contribution >= 4 is 38.7 Å². The van der Waals surface area contributed by atoms with Crippen LogP contribution in [0.15, 0.2) is 40.3 Å². The number of rotatable bonds is 1. The van der Waals surface area contributed by atoms with Crippen LogP contribution < -0.4 is 5.32 Å². The zero-order valence-electron chi connectivity index (χ0n) is 11.6. The molecule has 0 amide bonds. The van der Waals surface area contributed by atoms with Crippen molar-refractivity contribution < 1.29 is 4.79 Å². The monoisotopic (exact) mass is 341 g/mol. The quantitative estimate of drug-likeness (QED) is 0.488. The number of aromatic nitrogens is 1. The highest BCUT2D eigenvalue weighted by Crippen LogP contribution is 2.48. The number of nitrogens with one attached hydrogen (secondary N) is 1. The highest BCUT2D eigenvalue weighted by Gasteiger charge is 2.38. The van der Waals surface area contributed by atoms with Gasteiger partial charge < -0.3 is 5.32 Å². The average Bonchev–Trinajstić information content (AvgIpc) is 2.74. The number of nitriles is 1. The Kier molecular flexibility index (Phi) is 3.07. The maximum Gasteiger partial charge on any atom is 0.162 e. The van der Waals surface area contributed by atoms with Gasteiger partial charge in [-0.1, -0.05) is 29.8 Å². The van der Waals surface area contributed by atoms with Gasteiger partial charge in [-0.3, -0.25) is 9.78 Å². The number of allylic oxidation sites excluding steroid dienone is 2. The lowest BCUT2D eigenvalue weighted by molar-refractivity contribution is -0.104. The number of hydrogen-bond acceptors (Lipinski definition) is 4. The molecule has 0 aliphatic carbocycles. The zero-order valence-corrected chi connectivity index (χ0v) is 13.2. The minimum Gasteiger partial charge on any atom is -0.356 e. The standard InChI is InChI=1S/C16H12BrN3O/c1-16(2)12-5-13(17)10-3-4-19-7-11(10)14(12)20-15(16)9(6-18)8-21/h3-5,7-8,20H,1-2H3/b15-9+. The predicted octanol–water partition coefficient (Wildman–Crippen LogP) is 3.68. The molecular formula is C16H12BrN3O. The number of hydrogen-bond donors (Lipinski definition) is 1. The van der Waals surface area contributed by atoms with Crippen LogP contribution in [0.3, 0.4) is 0 Å². The minimum atomic E-state index is -0.437. The lowest BCUT2D eigenvalue weighted by Crippen LogP contribution is -2.19. The van der Waals surface area contributed by atoms with E-state index in [2.05, 4.69) is 26.2 Å². The van der Waals surface area contributed by atoms with Gasteiger partial charge in [0.1, 0.15) is 11.6 Å². The second kappa shape index (κ2) is 4.68. The molecule has 0 saturated heterocycles. The van der Waals surface area contributed by atoms with Crippen LogP contribution in [0.1, 0.15) is 19.4 Å². The molecule has 0 unspecified atom stereocenters. The van der Waals surface area contributed by atoms with Crippen LogP contribution in [0.4, 0.5) is 5.69 Å². The molecule has 0 atom stereocenters. The molecule has 0 bridgehead atoms. The van der Waals surface area contributed by atoms with Gasteiger partial charge in [-0.2, -0.15) is 5.26 Å². The maximum atomic E-state index is 11.2. The topological polar surface area (TPSA) is 65.8 Å². The molecule has 2 aromatic rings. The number of pyridine rings is 1. The number of benzene rings is 1. The molecule has 0 fully saturated rings. The molecule has 0 spiro atoms. The van der Waals surface area contributed by atoms with Crippen LogP contribution in [-0.2, 0) is 10.2 Å². The number of anilines is 1. The summed E-state index contributed by atoms with van der Waals surface area (Å²) < 4.78 is 0.972. The van der Waals surface area contributed by atoms with Gasteiger partial charge in [-0.15, -0.1) is 0 Å². The second-order valence-corrected chi connectivity index (χ2v) is 6.32. The molecule has 3 rings (SSSR count). The molecule has 1 aliphatic heterocycles. The SMILES string of the molecule is CC1(C)/C(=C(/C#N)C=O)Nc2c1cc(Br)c1ccncc21. The highest BCUT2D eigenvalue weighted by molar-refractivity contribution is 9.10. The first kappa shape index (κ1) is 13.8. The first-order valence-electron chi connectivity index (χ1n) is 6.44. The Labute approximate surface area is 130 Å². The van der Waals surface area contributed by atoms with Crippen LogP contribution in [0, 0.1) is 11.3 Å². The Morgan fingerprint density at radius 3 is 2.90 bits per heavy atom. The van der Waals surface area contributed by atoms with E-state index in [1.54, 1.807) is 12.4 Å². The van der Waals surface area contributed by atoms with Crippen molar-refractivity contribution in [1.29, 1.82) is 5.26 Å². The third-order valence-corrected chi connectivity index (χ3v) is 4.60. The predicted molar refractivity (Wildman–Crippen MR) is 84.8 cm³/mol. The second-order valence-electron chi connectivity index (χ2n) is 5.47. The molecule has 0 saturated carbocycles. The summed E-state index contributed by atoms with van der Waals surface area (Å²) >= 11 is 3.59. The Morgan fingerprint density at radius 2 is 2.24 bits per heavy atom. The van der Waals surface area contributed by atoms with E-state index in [9.17, 15) is 4.79 Å². The largest absolute Gasteiger partial charge is 0.356 e. The number of carbonyl (C=O) groups excluding carboxylic acids is 1. The Hall–Kier alpha value is -2.19. The number of fused-ring (bicyclic) bond motifs is 3. The molecule has 21 heavy (non-hydrogen) atoms. The van der Waals surface area contributed by atoms with E-state index in [1.165, 1.54) is 0 Å². The van der Waals surface area contributed by atoms with Gasteiger partial charge in [0.05, 0.1) is 5.69 Å².